The highest BCUT2D eigenvalue weighted by atomic mass is 32.2. The number of carbonyl (C=O) groups excluding carboxylic acids is 2. The van der Waals surface area contributed by atoms with Gasteiger partial charge in [0.2, 0.25) is 11.8 Å². The zero-order valence-corrected chi connectivity index (χ0v) is 46.1. The van der Waals surface area contributed by atoms with Crippen molar-refractivity contribution in [1.29, 1.82) is 0 Å². The quantitative estimate of drug-likeness (QED) is 0.0292. The maximum atomic E-state index is 11.8. The summed E-state index contributed by atoms with van der Waals surface area (Å²) in [5, 5.41) is 56.3. The number of amides is 2. The van der Waals surface area contributed by atoms with Crippen molar-refractivity contribution in [2.45, 2.75) is 182 Å². The van der Waals surface area contributed by atoms with Crippen LogP contribution in [0.5, 0.6) is 0 Å². The number of unbranched alkanes of at least 4 members (excludes halogenated alkanes) is 8. The number of nitrogens with one attached hydrogen (secondary N) is 2. The summed E-state index contributed by atoms with van der Waals surface area (Å²) in [6.45, 7) is 15.5. The SMILES string of the molecule is CCCCCC(N)C(=O)NC(CCCCC)C(=O)O.CCCCCC(N)C(=O)NC(CCCCC)C(=O)O.COCC(C)C(=O)O.COCC(C)C(=O)O.CSCC(C)C(=O)O.CSCC(C)C(=O)O. The van der Waals surface area contributed by atoms with Crippen molar-refractivity contribution < 1.29 is 78.5 Å². The lowest BCUT2D eigenvalue weighted by molar-refractivity contribution is -0.143. The fourth-order valence-electron chi connectivity index (χ4n) is 5.05. The van der Waals surface area contributed by atoms with Gasteiger partial charge in [-0.2, -0.15) is 23.5 Å². The summed E-state index contributed by atoms with van der Waals surface area (Å²) >= 11 is 3.11. The molecule has 2 amide bonds. The summed E-state index contributed by atoms with van der Waals surface area (Å²) in [4.78, 5) is 85.9. The lowest BCUT2D eigenvalue weighted by Gasteiger charge is -2.17. The number of aliphatic carboxylic acids is 6. The van der Waals surface area contributed by atoms with Crippen LogP contribution in [0, 0.1) is 23.7 Å². The molecule has 12 N–H and O–H groups in total. The van der Waals surface area contributed by atoms with Gasteiger partial charge in [-0.1, -0.05) is 119 Å². The van der Waals surface area contributed by atoms with E-state index < -0.39 is 60.0 Å². The molecule has 0 bridgehead atoms. The molecule has 22 heteroatoms. The van der Waals surface area contributed by atoms with Crippen molar-refractivity contribution >= 4 is 71.2 Å². The summed E-state index contributed by atoms with van der Waals surface area (Å²) < 4.78 is 9.17. The van der Waals surface area contributed by atoms with Gasteiger partial charge in [0.25, 0.3) is 0 Å². The monoisotopic (exact) mass is 1050 g/mol. The van der Waals surface area contributed by atoms with Crippen molar-refractivity contribution in [2.24, 2.45) is 35.1 Å². The van der Waals surface area contributed by atoms with Gasteiger partial charge in [0.05, 0.1) is 49.0 Å². The summed E-state index contributed by atoms with van der Waals surface area (Å²) in [6.07, 6.45) is 17.6. The molecule has 20 nitrogen and oxygen atoms in total. The molecule has 70 heavy (non-hydrogen) atoms. The van der Waals surface area contributed by atoms with Crippen LogP contribution in [-0.2, 0) is 47.8 Å². The molecule has 0 aromatic carbocycles. The van der Waals surface area contributed by atoms with E-state index in [9.17, 15) is 38.4 Å². The Balaban J connectivity index is -0.000000185. The van der Waals surface area contributed by atoms with Crippen molar-refractivity contribution in [2.75, 3.05) is 51.5 Å². The van der Waals surface area contributed by atoms with Crippen molar-refractivity contribution in [3.05, 3.63) is 0 Å². The van der Waals surface area contributed by atoms with Crippen LogP contribution in [0.4, 0.5) is 0 Å². The van der Waals surface area contributed by atoms with E-state index >= 15 is 0 Å². The normalized spacial score (nSPS) is 13.6. The first-order valence-electron chi connectivity index (χ1n) is 24.2. The number of hydrogen-bond acceptors (Lipinski definition) is 14. The fraction of sp³-hybridized carbons (Fsp3) is 0.833. The number of hydrogen-bond donors (Lipinski definition) is 10. The Morgan fingerprint density at radius 1 is 0.429 bits per heavy atom. The number of nitrogens with two attached hydrogens (primary N) is 2. The van der Waals surface area contributed by atoms with Gasteiger partial charge < -0.3 is 62.2 Å². The molecule has 0 aliphatic heterocycles. The first kappa shape index (κ1) is 77.8. The molecule has 8 atom stereocenters. The molecule has 0 aromatic heterocycles. The highest BCUT2D eigenvalue weighted by molar-refractivity contribution is 7.98. The Kier molecular flexibility index (Phi) is 60.7. The number of thioether (sulfide) groups is 2. The molecule has 8 unspecified atom stereocenters. The standard InChI is InChI=1S/2C14H28N2O3.2C5H10O3.2C5H10O2S/c2*1-3-5-7-9-11(15)13(17)16-12(14(18)19)10-8-6-4-2;4*1-4(3-8-2)5(6)7/h2*11-12H,3-10,15H2,1-2H3,(H,16,17)(H,18,19);4*4H,3H2,1-2H3,(H,6,7). The lowest BCUT2D eigenvalue weighted by atomic mass is 10.1. The lowest BCUT2D eigenvalue weighted by Crippen LogP contribution is -2.48. The number of ether oxygens (including phenoxy) is 2. The molecule has 0 saturated heterocycles. The van der Waals surface area contributed by atoms with E-state index in [1.54, 1.807) is 51.2 Å². The third kappa shape index (κ3) is 55.2. The number of carbonyl (C=O) groups is 8. The average Bonchev–Trinajstić information content (AvgIpc) is 3.29. The second-order valence-electron chi connectivity index (χ2n) is 16.8. The molecule has 0 heterocycles. The van der Waals surface area contributed by atoms with Gasteiger partial charge in [0.15, 0.2) is 0 Å². The van der Waals surface area contributed by atoms with Gasteiger partial charge in [0, 0.05) is 25.7 Å². The molecule has 0 fully saturated rings. The summed E-state index contributed by atoms with van der Waals surface area (Å²) in [7, 11) is 2.97. The molecule has 416 valence electrons. The van der Waals surface area contributed by atoms with Gasteiger partial charge in [-0.25, -0.2) is 9.59 Å². The Morgan fingerprint density at radius 3 is 0.829 bits per heavy atom. The smallest absolute Gasteiger partial charge is 0.326 e. The van der Waals surface area contributed by atoms with E-state index in [0.717, 1.165) is 77.0 Å². The molecule has 0 radical (unpaired) electrons. The molecule has 0 aromatic rings. The summed E-state index contributed by atoms with van der Waals surface area (Å²) in [6, 6.07) is -2.81. The fourth-order valence-corrected chi connectivity index (χ4v) is 6.33. The molecule has 0 aliphatic rings. The van der Waals surface area contributed by atoms with Gasteiger partial charge in [-0.15, -0.1) is 0 Å². The largest absolute Gasteiger partial charge is 0.481 e. The van der Waals surface area contributed by atoms with E-state index in [2.05, 4.69) is 47.8 Å². The molecular formula is C48H96N4O16S2. The van der Waals surface area contributed by atoms with Gasteiger partial charge in [0.1, 0.15) is 12.1 Å². The second-order valence-corrected chi connectivity index (χ2v) is 18.6. The number of rotatable bonds is 34. The number of carboxylic acids is 6. The van der Waals surface area contributed by atoms with Crippen molar-refractivity contribution in [3.8, 4) is 0 Å². The van der Waals surface area contributed by atoms with Crippen LogP contribution >= 0.6 is 23.5 Å². The van der Waals surface area contributed by atoms with Gasteiger partial charge in [-0.05, 0) is 52.0 Å². The van der Waals surface area contributed by atoms with E-state index in [1.807, 2.05) is 12.5 Å². The Labute approximate surface area is 427 Å². The first-order valence-corrected chi connectivity index (χ1v) is 27.0. The van der Waals surface area contributed by atoms with E-state index in [4.69, 9.17) is 42.1 Å². The predicted octanol–water partition coefficient (Wildman–Crippen LogP) is 6.93. The van der Waals surface area contributed by atoms with Gasteiger partial charge >= 0.3 is 35.8 Å². The van der Waals surface area contributed by atoms with E-state index in [0.29, 0.717) is 37.2 Å². The predicted molar refractivity (Wildman–Crippen MR) is 279 cm³/mol. The van der Waals surface area contributed by atoms with Crippen LogP contribution in [-0.4, -0.2) is 154 Å². The Morgan fingerprint density at radius 2 is 0.671 bits per heavy atom. The topological polar surface area (TPSA) is 352 Å². The zero-order chi connectivity index (χ0) is 55.6. The van der Waals surface area contributed by atoms with Crippen LogP contribution < -0.4 is 22.1 Å². The molecular weight excluding hydrogens is 953 g/mol. The highest BCUT2D eigenvalue weighted by Crippen LogP contribution is 2.08. The van der Waals surface area contributed by atoms with Crippen LogP contribution in [0.15, 0.2) is 0 Å². The number of carboxylic acid groups (broad SMARTS) is 6. The molecule has 0 rings (SSSR count). The zero-order valence-electron chi connectivity index (χ0n) is 44.5. The Bertz CT molecular complexity index is 1210. The molecule has 0 saturated carbocycles. The first-order chi connectivity index (χ1) is 32.8. The summed E-state index contributed by atoms with van der Waals surface area (Å²) in [5.74, 6) is -5.48. The maximum absolute atomic E-state index is 11.8. The Hall–Kier alpha value is -3.70. The van der Waals surface area contributed by atoms with Crippen LogP contribution in [0.2, 0.25) is 0 Å². The van der Waals surface area contributed by atoms with E-state index in [-0.39, 0.29) is 48.7 Å². The average molecular weight is 1050 g/mol. The van der Waals surface area contributed by atoms with Crippen molar-refractivity contribution in [1.82, 2.24) is 10.6 Å². The third-order valence-electron chi connectivity index (χ3n) is 9.69. The number of methoxy groups -OCH3 is 2. The van der Waals surface area contributed by atoms with Crippen LogP contribution in [0.1, 0.15) is 158 Å². The van der Waals surface area contributed by atoms with Crippen molar-refractivity contribution in [3.63, 3.8) is 0 Å². The second kappa shape index (κ2) is 54.6. The minimum atomic E-state index is -0.981. The highest BCUT2D eigenvalue weighted by Gasteiger charge is 2.24. The molecule has 0 aliphatic carbocycles. The third-order valence-corrected chi connectivity index (χ3v) is 11.4. The van der Waals surface area contributed by atoms with E-state index in [1.165, 1.54) is 14.2 Å². The maximum Gasteiger partial charge on any atom is 0.326 e. The minimum Gasteiger partial charge on any atom is -0.481 e. The van der Waals surface area contributed by atoms with Gasteiger partial charge in [-0.3, -0.25) is 28.8 Å². The molecule has 0 spiro atoms. The minimum absolute atomic E-state index is 0.204. The summed E-state index contributed by atoms with van der Waals surface area (Å²) in [5.41, 5.74) is 11.5. The van der Waals surface area contributed by atoms with Crippen LogP contribution in [0.25, 0.3) is 0 Å². The van der Waals surface area contributed by atoms with Crippen LogP contribution in [0.3, 0.4) is 0 Å².